The minimum atomic E-state index is -0.419. The van der Waals surface area contributed by atoms with Gasteiger partial charge in [-0.3, -0.25) is 0 Å². The first kappa shape index (κ1) is 14.9. The molecule has 110 valence electrons. The van der Waals surface area contributed by atoms with Crippen LogP contribution in [0.25, 0.3) is 0 Å². The number of ether oxygens (including phenoxy) is 2. The number of carbonyl (C=O) groups is 1. The van der Waals surface area contributed by atoms with Crippen LogP contribution in [0.1, 0.15) is 29.3 Å². The van der Waals surface area contributed by atoms with Gasteiger partial charge >= 0.3 is 5.97 Å². The lowest BCUT2D eigenvalue weighted by Crippen LogP contribution is -2.02. The maximum atomic E-state index is 11.4. The highest BCUT2D eigenvalue weighted by Gasteiger charge is 2.09. The third-order valence-electron chi connectivity index (χ3n) is 3.12. The average Bonchev–Trinajstić information content (AvgIpc) is 2.50. The Kier molecular flexibility index (Phi) is 4.82. The van der Waals surface area contributed by atoms with Crippen molar-refractivity contribution in [3.63, 3.8) is 0 Å². The van der Waals surface area contributed by atoms with Crippen LogP contribution in [0.2, 0.25) is 0 Å². The Morgan fingerprint density at radius 1 is 1.14 bits per heavy atom. The normalized spacial score (nSPS) is 10.2. The Hall–Kier alpha value is -2.49. The Morgan fingerprint density at radius 2 is 1.86 bits per heavy atom. The van der Waals surface area contributed by atoms with Crippen molar-refractivity contribution < 1.29 is 14.3 Å². The maximum absolute atomic E-state index is 11.4. The summed E-state index contributed by atoms with van der Waals surface area (Å²) in [6.07, 6.45) is 2.17. The topological polar surface area (TPSA) is 61.5 Å². The second kappa shape index (κ2) is 6.79. The predicted molar refractivity (Wildman–Crippen MR) is 82.7 cm³/mol. The smallest absolute Gasteiger partial charge is 0.337 e. The molecule has 0 unspecified atom stereocenters. The first-order valence-electron chi connectivity index (χ1n) is 6.88. The number of nitrogen functional groups attached to an aromatic ring is 1. The van der Waals surface area contributed by atoms with Crippen molar-refractivity contribution in [1.29, 1.82) is 0 Å². The molecule has 0 atom stereocenters. The van der Waals surface area contributed by atoms with Gasteiger partial charge in [-0.2, -0.15) is 0 Å². The minimum Gasteiger partial charge on any atom is -0.465 e. The van der Waals surface area contributed by atoms with Gasteiger partial charge < -0.3 is 15.2 Å². The highest BCUT2D eigenvalue weighted by molar-refractivity contribution is 5.90. The van der Waals surface area contributed by atoms with Crippen LogP contribution in [0.3, 0.4) is 0 Å². The molecule has 2 aromatic rings. The Balaban J connectivity index is 2.14. The van der Waals surface area contributed by atoms with Gasteiger partial charge in [-0.1, -0.05) is 25.5 Å². The molecule has 0 aliphatic carbocycles. The quantitative estimate of drug-likeness (QED) is 0.670. The zero-order valence-electron chi connectivity index (χ0n) is 12.3. The molecule has 4 heteroatoms. The van der Waals surface area contributed by atoms with Crippen molar-refractivity contribution in [2.45, 2.75) is 19.8 Å². The van der Waals surface area contributed by atoms with Crippen LogP contribution < -0.4 is 10.5 Å². The SMILES string of the molecule is CCCc1ccc(Oc2ccc(C(=O)OC)cc2N)cc1. The molecule has 0 saturated carbocycles. The number of esters is 1. The second-order valence-electron chi connectivity index (χ2n) is 4.74. The van der Waals surface area contributed by atoms with Crippen molar-refractivity contribution >= 4 is 11.7 Å². The third kappa shape index (κ3) is 3.75. The molecule has 0 fully saturated rings. The number of anilines is 1. The first-order chi connectivity index (χ1) is 10.1. The molecule has 4 nitrogen and oxygen atoms in total. The largest absolute Gasteiger partial charge is 0.465 e. The molecule has 0 heterocycles. The van der Waals surface area contributed by atoms with E-state index in [2.05, 4.69) is 11.7 Å². The van der Waals surface area contributed by atoms with Crippen LogP contribution in [0.5, 0.6) is 11.5 Å². The van der Waals surface area contributed by atoms with Gasteiger partial charge in [0.1, 0.15) is 11.5 Å². The molecular weight excluding hydrogens is 266 g/mol. The van der Waals surface area contributed by atoms with E-state index in [0.717, 1.165) is 12.8 Å². The summed E-state index contributed by atoms with van der Waals surface area (Å²) in [4.78, 5) is 11.4. The predicted octanol–water partition coefficient (Wildman–Crippen LogP) is 3.80. The van der Waals surface area contributed by atoms with Gasteiger partial charge in [-0.05, 0) is 42.3 Å². The van der Waals surface area contributed by atoms with Gasteiger partial charge in [0, 0.05) is 0 Å². The van der Waals surface area contributed by atoms with E-state index in [1.54, 1.807) is 18.2 Å². The summed E-state index contributed by atoms with van der Waals surface area (Å²) in [5.41, 5.74) is 7.99. The number of methoxy groups -OCH3 is 1. The fourth-order valence-electron chi connectivity index (χ4n) is 2.03. The lowest BCUT2D eigenvalue weighted by Gasteiger charge is -2.10. The van der Waals surface area contributed by atoms with E-state index in [4.69, 9.17) is 10.5 Å². The Labute approximate surface area is 124 Å². The number of nitrogens with two attached hydrogens (primary N) is 1. The molecule has 0 saturated heterocycles. The fourth-order valence-corrected chi connectivity index (χ4v) is 2.03. The van der Waals surface area contributed by atoms with E-state index < -0.39 is 5.97 Å². The zero-order valence-corrected chi connectivity index (χ0v) is 12.3. The molecule has 0 radical (unpaired) electrons. The van der Waals surface area contributed by atoms with Crippen LogP contribution in [0.4, 0.5) is 5.69 Å². The summed E-state index contributed by atoms with van der Waals surface area (Å²) in [5.74, 6) is 0.815. The summed E-state index contributed by atoms with van der Waals surface area (Å²) in [7, 11) is 1.33. The lowest BCUT2D eigenvalue weighted by atomic mass is 10.1. The molecule has 2 aromatic carbocycles. The number of hydrogen-bond acceptors (Lipinski definition) is 4. The van der Waals surface area contributed by atoms with E-state index in [1.807, 2.05) is 24.3 Å². The van der Waals surface area contributed by atoms with E-state index in [0.29, 0.717) is 22.7 Å². The summed E-state index contributed by atoms with van der Waals surface area (Å²) in [6.45, 7) is 2.15. The number of aryl methyl sites for hydroxylation is 1. The number of benzene rings is 2. The van der Waals surface area contributed by atoms with Gasteiger partial charge in [0.2, 0.25) is 0 Å². The summed E-state index contributed by atoms with van der Waals surface area (Å²) in [6, 6.07) is 12.8. The number of carbonyl (C=O) groups excluding carboxylic acids is 1. The van der Waals surface area contributed by atoms with Crippen LogP contribution in [0.15, 0.2) is 42.5 Å². The van der Waals surface area contributed by atoms with Gasteiger partial charge in [-0.25, -0.2) is 4.79 Å². The van der Waals surface area contributed by atoms with Crippen LogP contribution >= 0.6 is 0 Å². The Bertz CT molecular complexity index is 620. The van der Waals surface area contributed by atoms with Gasteiger partial charge in [0.25, 0.3) is 0 Å². The molecule has 0 aliphatic heterocycles. The fraction of sp³-hybridized carbons (Fsp3) is 0.235. The van der Waals surface area contributed by atoms with Gasteiger partial charge in [-0.15, -0.1) is 0 Å². The highest BCUT2D eigenvalue weighted by atomic mass is 16.5. The number of rotatable bonds is 5. The van der Waals surface area contributed by atoms with Crippen molar-refractivity contribution in [1.82, 2.24) is 0 Å². The minimum absolute atomic E-state index is 0.399. The monoisotopic (exact) mass is 285 g/mol. The average molecular weight is 285 g/mol. The lowest BCUT2D eigenvalue weighted by molar-refractivity contribution is 0.0601. The standard InChI is InChI=1S/C17H19NO3/c1-3-4-12-5-8-14(9-6-12)21-16-10-7-13(11-15(16)18)17(19)20-2/h5-11H,3-4,18H2,1-2H3. The molecule has 0 spiro atoms. The van der Waals surface area contributed by atoms with E-state index in [1.165, 1.54) is 12.7 Å². The van der Waals surface area contributed by atoms with E-state index >= 15 is 0 Å². The third-order valence-corrected chi connectivity index (χ3v) is 3.12. The molecule has 2 rings (SSSR count). The maximum Gasteiger partial charge on any atom is 0.337 e. The van der Waals surface area contributed by atoms with Gasteiger partial charge in [0.15, 0.2) is 0 Å². The summed E-state index contributed by atoms with van der Waals surface area (Å²) >= 11 is 0. The Morgan fingerprint density at radius 3 is 2.43 bits per heavy atom. The van der Waals surface area contributed by atoms with Crippen molar-refractivity contribution in [3.8, 4) is 11.5 Å². The summed E-state index contributed by atoms with van der Waals surface area (Å²) < 4.78 is 10.4. The van der Waals surface area contributed by atoms with Crippen LogP contribution in [-0.4, -0.2) is 13.1 Å². The van der Waals surface area contributed by atoms with E-state index in [-0.39, 0.29) is 0 Å². The molecule has 0 amide bonds. The van der Waals surface area contributed by atoms with Crippen molar-refractivity contribution in [3.05, 3.63) is 53.6 Å². The first-order valence-corrected chi connectivity index (χ1v) is 6.88. The zero-order chi connectivity index (χ0) is 15.2. The molecule has 2 N–H and O–H groups in total. The summed E-state index contributed by atoms with van der Waals surface area (Å²) in [5, 5.41) is 0. The van der Waals surface area contributed by atoms with Crippen LogP contribution in [-0.2, 0) is 11.2 Å². The van der Waals surface area contributed by atoms with Gasteiger partial charge in [0.05, 0.1) is 18.4 Å². The number of hydrogen-bond donors (Lipinski definition) is 1. The molecule has 0 aliphatic rings. The second-order valence-corrected chi connectivity index (χ2v) is 4.74. The van der Waals surface area contributed by atoms with Crippen LogP contribution in [0, 0.1) is 0 Å². The van der Waals surface area contributed by atoms with E-state index in [9.17, 15) is 4.79 Å². The molecule has 21 heavy (non-hydrogen) atoms. The highest BCUT2D eigenvalue weighted by Crippen LogP contribution is 2.28. The molecular formula is C17H19NO3. The molecule has 0 aromatic heterocycles. The van der Waals surface area contributed by atoms with Crippen molar-refractivity contribution in [2.24, 2.45) is 0 Å². The molecule has 0 bridgehead atoms. The van der Waals surface area contributed by atoms with Crippen molar-refractivity contribution in [2.75, 3.05) is 12.8 Å².